The van der Waals surface area contributed by atoms with Crippen molar-refractivity contribution in [2.24, 2.45) is 0 Å². The van der Waals surface area contributed by atoms with E-state index < -0.39 is 20.9 Å². The Balaban J connectivity index is 1.73. The molecule has 4 rings (SSSR count). The summed E-state index contributed by atoms with van der Waals surface area (Å²) in [6.45, 7) is 11.6. The summed E-state index contributed by atoms with van der Waals surface area (Å²) in [4.78, 5) is 13.3. The van der Waals surface area contributed by atoms with Crippen molar-refractivity contribution in [3.8, 4) is 0 Å². The number of hydrogen-bond donors (Lipinski definition) is 0. The molecule has 0 aliphatic carbocycles. The monoisotopic (exact) mass is 713 g/mol. The molecule has 0 bridgehead atoms. The summed E-state index contributed by atoms with van der Waals surface area (Å²) in [6.07, 6.45) is 9.52. The number of rotatable bonds is 13. The topological polar surface area (TPSA) is 107 Å². The Hall–Kier alpha value is -3.35. The number of fused-ring (bicyclic) bond motifs is 2. The standard InChI is InChI=1S/C37H52ClN5O5S/c1-36(2)30-25-28(41(44)45)15-17-32(30)39(21-11-23-42(5,6)7)34(36)19-13-27(38)14-20-35-37(3,4)31-26-29(49(46,47)48)16-18-33(31)40(35)22-12-24-43(8,9)10/h13-20,25-26H,11-12,21-24H2,1-10H3/q+2. The van der Waals surface area contributed by atoms with Crippen LogP contribution >= 0.6 is 11.6 Å². The smallest absolute Gasteiger partial charge is 0.269 e. The zero-order chi connectivity index (χ0) is 36.7. The molecule has 2 aliphatic heterocycles. The predicted molar refractivity (Wildman–Crippen MR) is 197 cm³/mol. The number of allylic oxidation sites excluding steroid dienone is 6. The second-order valence-electron chi connectivity index (χ2n) is 16.2. The minimum Gasteiger partial charge on any atom is -0.744 e. The zero-order valence-electron chi connectivity index (χ0n) is 30.6. The number of quaternary nitrogens is 2. The molecule has 0 amide bonds. The number of halogens is 1. The molecule has 0 saturated heterocycles. The van der Waals surface area contributed by atoms with Gasteiger partial charge in [0.15, 0.2) is 12.3 Å². The quantitative estimate of drug-likeness (QED) is 0.0592. The first kappa shape index (κ1) is 38.5. The lowest BCUT2D eigenvalue weighted by Gasteiger charge is -2.29. The number of hydrogen-bond acceptors (Lipinski definition) is 6. The summed E-state index contributed by atoms with van der Waals surface area (Å²) >= 11 is 6.89. The molecule has 2 aromatic carbocycles. The third-order valence-electron chi connectivity index (χ3n) is 9.46. The molecule has 2 aliphatic rings. The van der Waals surface area contributed by atoms with E-state index in [2.05, 4.69) is 65.6 Å². The largest absolute Gasteiger partial charge is 0.744 e. The molecule has 0 atom stereocenters. The Morgan fingerprint density at radius 1 is 0.939 bits per heavy atom. The van der Waals surface area contributed by atoms with Crippen LogP contribution in [0.4, 0.5) is 17.1 Å². The van der Waals surface area contributed by atoms with Crippen LogP contribution in [-0.2, 0) is 20.9 Å². The number of nitro benzene ring substituents is 1. The van der Waals surface area contributed by atoms with E-state index in [-0.39, 0.29) is 15.5 Å². The van der Waals surface area contributed by atoms with Gasteiger partial charge in [0.05, 0.1) is 77.0 Å². The SMILES string of the molecule is CC1(C)C(/C=C/C(Cl)=C/C=C2/N(CCC[N+](C)(C)C)c3ccc([N+](=O)[O-])cc3C2(C)C)=[N+](CCC[N+](C)(C)C)c2ccc(S(=O)(=O)[O-])cc21. The van der Waals surface area contributed by atoms with Gasteiger partial charge in [-0.05, 0) is 55.8 Å². The van der Waals surface area contributed by atoms with Gasteiger partial charge in [0.2, 0.25) is 5.69 Å². The highest BCUT2D eigenvalue weighted by atomic mass is 35.5. The van der Waals surface area contributed by atoms with Gasteiger partial charge in [0.1, 0.15) is 10.1 Å². The van der Waals surface area contributed by atoms with Crippen LogP contribution in [0.1, 0.15) is 51.7 Å². The molecule has 10 nitrogen and oxygen atoms in total. The lowest BCUT2D eigenvalue weighted by Crippen LogP contribution is -2.37. The fourth-order valence-corrected chi connectivity index (χ4v) is 7.47. The summed E-state index contributed by atoms with van der Waals surface area (Å²) in [5.41, 5.74) is 4.46. The molecule has 0 saturated carbocycles. The maximum absolute atomic E-state index is 11.9. The van der Waals surface area contributed by atoms with Crippen LogP contribution in [0.15, 0.2) is 76.3 Å². The molecule has 0 spiro atoms. The van der Waals surface area contributed by atoms with Crippen LogP contribution < -0.4 is 4.90 Å². The molecule has 2 heterocycles. The maximum Gasteiger partial charge on any atom is 0.269 e. The van der Waals surface area contributed by atoms with Crippen molar-refractivity contribution in [1.82, 2.24) is 0 Å². The van der Waals surface area contributed by atoms with Crippen molar-refractivity contribution < 1.29 is 31.4 Å². The molecule has 0 aromatic heterocycles. The second kappa shape index (κ2) is 13.8. The molecule has 49 heavy (non-hydrogen) atoms. The van der Waals surface area contributed by atoms with E-state index in [0.717, 1.165) is 75.4 Å². The fraction of sp³-hybridized carbons (Fsp3) is 0.486. The molecule has 12 heteroatoms. The third-order valence-corrected chi connectivity index (χ3v) is 10.5. The fourth-order valence-electron chi connectivity index (χ4n) is 6.85. The highest BCUT2D eigenvalue weighted by molar-refractivity contribution is 7.85. The Morgan fingerprint density at radius 3 is 2.16 bits per heavy atom. The first-order chi connectivity index (χ1) is 22.4. The predicted octanol–water partition coefficient (Wildman–Crippen LogP) is 6.43. The molecule has 0 unspecified atom stereocenters. The summed E-state index contributed by atoms with van der Waals surface area (Å²) in [7, 11) is 8.31. The van der Waals surface area contributed by atoms with E-state index in [1.54, 1.807) is 18.2 Å². The highest BCUT2D eigenvalue weighted by Gasteiger charge is 2.45. The van der Waals surface area contributed by atoms with Gasteiger partial charge in [0.25, 0.3) is 5.69 Å². The van der Waals surface area contributed by atoms with E-state index in [4.69, 9.17) is 11.6 Å². The first-order valence-corrected chi connectivity index (χ1v) is 18.4. The number of anilines is 1. The lowest BCUT2D eigenvalue weighted by molar-refractivity contribution is -0.871. The van der Waals surface area contributed by atoms with Gasteiger partial charge in [-0.3, -0.25) is 10.1 Å². The van der Waals surface area contributed by atoms with Crippen molar-refractivity contribution in [2.75, 3.05) is 73.4 Å². The summed E-state index contributed by atoms with van der Waals surface area (Å²) in [5, 5.41) is 12.1. The van der Waals surface area contributed by atoms with Crippen molar-refractivity contribution >= 4 is 44.5 Å². The number of nitrogens with zero attached hydrogens (tertiary/aromatic N) is 5. The summed E-state index contributed by atoms with van der Waals surface area (Å²) in [5.74, 6) is 0. The van der Waals surface area contributed by atoms with Gasteiger partial charge in [-0.15, -0.1) is 0 Å². The van der Waals surface area contributed by atoms with E-state index in [9.17, 15) is 23.1 Å². The molecular weight excluding hydrogens is 662 g/mol. The van der Waals surface area contributed by atoms with Gasteiger partial charge in [0, 0.05) is 64.6 Å². The van der Waals surface area contributed by atoms with Crippen LogP contribution in [0.5, 0.6) is 0 Å². The van der Waals surface area contributed by atoms with Crippen molar-refractivity contribution in [1.29, 1.82) is 0 Å². The zero-order valence-corrected chi connectivity index (χ0v) is 32.2. The van der Waals surface area contributed by atoms with Crippen molar-refractivity contribution in [2.45, 2.75) is 56.3 Å². The second-order valence-corrected chi connectivity index (χ2v) is 18.0. The Bertz CT molecular complexity index is 1860. The number of non-ortho nitro benzene ring substituents is 1. The molecule has 0 radical (unpaired) electrons. The normalized spacial score (nSPS) is 18.5. The van der Waals surface area contributed by atoms with E-state index in [1.165, 1.54) is 12.1 Å². The Kier molecular flexibility index (Phi) is 10.8. The molecule has 266 valence electrons. The van der Waals surface area contributed by atoms with Gasteiger partial charge >= 0.3 is 0 Å². The number of benzene rings is 2. The highest BCUT2D eigenvalue weighted by Crippen LogP contribution is 2.49. The van der Waals surface area contributed by atoms with Crippen LogP contribution in [0.2, 0.25) is 0 Å². The molecule has 0 N–H and O–H groups in total. The van der Waals surface area contributed by atoms with E-state index in [0.29, 0.717) is 11.6 Å². The maximum atomic E-state index is 11.9. The van der Waals surface area contributed by atoms with Crippen molar-refractivity contribution in [3.05, 3.63) is 92.7 Å². The van der Waals surface area contributed by atoms with Gasteiger partial charge < -0.3 is 18.4 Å². The van der Waals surface area contributed by atoms with Gasteiger partial charge in [-0.2, -0.15) is 4.58 Å². The van der Waals surface area contributed by atoms with E-state index in [1.807, 2.05) is 44.2 Å². The van der Waals surface area contributed by atoms with Crippen LogP contribution in [0.25, 0.3) is 0 Å². The van der Waals surface area contributed by atoms with E-state index >= 15 is 0 Å². The number of nitro groups is 1. The molecular formula is C37H52ClN5O5S+2. The molecule has 0 fully saturated rings. The minimum absolute atomic E-state index is 0.0686. The average molecular weight is 714 g/mol. The first-order valence-electron chi connectivity index (χ1n) is 16.6. The third kappa shape index (κ3) is 8.69. The van der Waals surface area contributed by atoms with Crippen LogP contribution in [0, 0.1) is 10.1 Å². The lowest BCUT2D eigenvalue weighted by atomic mass is 9.81. The molecule has 2 aromatic rings. The van der Waals surface area contributed by atoms with Crippen LogP contribution in [-0.4, -0.2) is 106 Å². The van der Waals surface area contributed by atoms with Crippen LogP contribution in [0.3, 0.4) is 0 Å². The Morgan fingerprint density at radius 2 is 1.57 bits per heavy atom. The average Bonchev–Trinajstić information content (AvgIpc) is 3.30. The summed E-state index contributed by atoms with van der Waals surface area (Å²) in [6, 6.07) is 9.72. The summed E-state index contributed by atoms with van der Waals surface area (Å²) < 4.78 is 39.6. The minimum atomic E-state index is -4.61. The van der Waals surface area contributed by atoms with Gasteiger partial charge in [-0.25, -0.2) is 8.42 Å². The Labute approximate surface area is 297 Å². The van der Waals surface area contributed by atoms with Gasteiger partial charge in [-0.1, -0.05) is 25.4 Å². The van der Waals surface area contributed by atoms with Crippen molar-refractivity contribution in [3.63, 3.8) is 0 Å².